The first kappa shape index (κ1) is 18.2. The van der Waals surface area contributed by atoms with Gasteiger partial charge in [-0.2, -0.15) is 0 Å². The number of nitrogens with zero attached hydrogens (tertiary/aromatic N) is 2. The van der Waals surface area contributed by atoms with Crippen LogP contribution in [0.5, 0.6) is 0 Å². The number of fused-ring (bicyclic) bond motifs is 1. The molecular weight excluding hydrogens is 380 g/mol. The molecule has 0 aliphatic carbocycles. The molecule has 2 heterocycles. The van der Waals surface area contributed by atoms with Crippen molar-refractivity contribution in [3.8, 4) is 0 Å². The number of hydrogen-bond acceptors (Lipinski definition) is 5. The second-order valence-corrected chi connectivity index (χ2v) is 6.07. The van der Waals surface area contributed by atoms with Crippen LogP contribution in [-0.2, 0) is 0 Å². The zero-order valence-corrected chi connectivity index (χ0v) is 14.7. The molecule has 2 aromatic heterocycles. The number of hydrogen-bond donors (Lipinski definition) is 3. The van der Waals surface area contributed by atoms with Crippen molar-refractivity contribution in [1.29, 1.82) is 0 Å². The summed E-state index contributed by atoms with van der Waals surface area (Å²) in [7, 11) is 0. The fourth-order valence-electron chi connectivity index (χ4n) is 2.75. The van der Waals surface area contributed by atoms with Gasteiger partial charge in [-0.3, -0.25) is 9.59 Å². The average molecular weight is 393 g/mol. The minimum atomic E-state index is -0.908. The van der Waals surface area contributed by atoms with Crippen molar-refractivity contribution in [1.82, 2.24) is 15.0 Å². The van der Waals surface area contributed by atoms with Crippen LogP contribution in [0.2, 0.25) is 0 Å². The highest BCUT2D eigenvalue weighted by molar-refractivity contribution is 6.05. The van der Waals surface area contributed by atoms with E-state index in [2.05, 4.69) is 25.6 Å². The molecule has 7 nitrogen and oxygen atoms in total. The summed E-state index contributed by atoms with van der Waals surface area (Å²) in [6.45, 7) is 0. The van der Waals surface area contributed by atoms with E-state index in [4.69, 9.17) is 0 Å². The third-order valence-corrected chi connectivity index (χ3v) is 4.11. The van der Waals surface area contributed by atoms with E-state index >= 15 is 0 Å². The molecule has 0 saturated carbocycles. The third kappa shape index (κ3) is 3.79. The fraction of sp³-hybridized carbons (Fsp3) is 0. The highest BCUT2D eigenvalue weighted by atomic mass is 19.1. The summed E-state index contributed by atoms with van der Waals surface area (Å²) in [6.07, 6.45) is 4.30. The van der Waals surface area contributed by atoms with Crippen LogP contribution in [0.15, 0.2) is 65.8 Å². The molecule has 2 aromatic carbocycles. The van der Waals surface area contributed by atoms with Gasteiger partial charge in [-0.05, 0) is 36.4 Å². The summed E-state index contributed by atoms with van der Waals surface area (Å²) in [4.78, 5) is 35.6. The van der Waals surface area contributed by atoms with Gasteiger partial charge in [-0.25, -0.2) is 18.7 Å². The van der Waals surface area contributed by atoms with Crippen LogP contribution in [0.1, 0.15) is 10.4 Å². The lowest BCUT2D eigenvalue weighted by Gasteiger charge is -2.08. The number of aromatic nitrogens is 3. The van der Waals surface area contributed by atoms with Gasteiger partial charge in [0.25, 0.3) is 5.91 Å². The number of carbonyl (C=O) groups is 1. The zero-order chi connectivity index (χ0) is 20.4. The maximum absolute atomic E-state index is 13.8. The van der Waals surface area contributed by atoms with E-state index in [0.717, 1.165) is 12.3 Å². The molecule has 0 fully saturated rings. The van der Waals surface area contributed by atoms with Crippen molar-refractivity contribution in [2.45, 2.75) is 0 Å². The molecule has 0 aliphatic rings. The Morgan fingerprint density at radius 1 is 1.00 bits per heavy atom. The molecule has 9 heteroatoms. The number of nitrogens with one attached hydrogen (secondary N) is 3. The lowest BCUT2D eigenvalue weighted by molar-refractivity contribution is 0.102. The van der Waals surface area contributed by atoms with Gasteiger partial charge < -0.3 is 15.6 Å². The van der Waals surface area contributed by atoms with Gasteiger partial charge in [-0.15, -0.1) is 0 Å². The van der Waals surface area contributed by atoms with E-state index in [9.17, 15) is 18.4 Å². The highest BCUT2D eigenvalue weighted by Crippen LogP contribution is 2.18. The van der Waals surface area contributed by atoms with Gasteiger partial charge in [0.05, 0.1) is 10.9 Å². The topological polar surface area (TPSA) is 99.8 Å². The van der Waals surface area contributed by atoms with Crippen LogP contribution >= 0.6 is 0 Å². The molecule has 0 spiro atoms. The average Bonchev–Trinajstić information content (AvgIpc) is 2.71. The summed E-state index contributed by atoms with van der Waals surface area (Å²) in [5, 5.41) is 5.34. The first-order valence-electron chi connectivity index (χ1n) is 8.47. The van der Waals surface area contributed by atoms with Crippen molar-refractivity contribution in [3.05, 3.63) is 88.5 Å². The van der Waals surface area contributed by atoms with Crippen molar-refractivity contribution < 1.29 is 13.6 Å². The minimum Gasteiger partial charge on any atom is -0.358 e. The van der Waals surface area contributed by atoms with Crippen molar-refractivity contribution >= 4 is 34.1 Å². The van der Waals surface area contributed by atoms with Gasteiger partial charge in [0.15, 0.2) is 0 Å². The number of rotatable bonds is 4. The van der Waals surface area contributed by atoms with E-state index in [1.807, 2.05) is 0 Å². The molecule has 0 unspecified atom stereocenters. The summed E-state index contributed by atoms with van der Waals surface area (Å²) < 4.78 is 27.2. The first-order chi connectivity index (χ1) is 14.0. The van der Waals surface area contributed by atoms with Crippen molar-refractivity contribution in [2.75, 3.05) is 10.6 Å². The Balaban J connectivity index is 1.55. The van der Waals surface area contributed by atoms with Crippen molar-refractivity contribution in [2.24, 2.45) is 0 Å². The van der Waals surface area contributed by atoms with Gasteiger partial charge in [-0.1, -0.05) is 0 Å². The summed E-state index contributed by atoms with van der Waals surface area (Å²) in [6, 6.07) is 9.88. The maximum atomic E-state index is 13.8. The minimum absolute atomic E-state index is 0.161. The maximum Gasteiger partial charge on any atom is 0.261 e. The molecule has 4 aromatic rings. The van der Waals surface area contributed by atoms with Gasteiger partial charge >= 0.3 is 0 Å². The molecule has 0 atom stereocenters. The van der Waals surface area contributed by atoms with Crippen LogP contribution in [0, 0.1) is 11.6 Å². The molecule has 4 rings (SSSR count). The second-order valence-electron chi connectivity index (χ2n) is 6.07. The quantitative estimate of drug-likeness (QED) is 0.492. The van der Waals surface area contributed by atoms with Crippen LogP contribution < -0.4 is 16.1 Å². The Morgan fingerprint density at radius 3 is 2.41 bits per heavy atom. The summed E-state index contributed by atoms with van der Waals surface area (Å²) in [5.41, 5.74) is -0.0637. The van der Waals surface area contributed by atoms with E-state index in [-0.39, 0.29) is 16.5 Å². The molecule has 0 radical (unpaired) electrons. The number of anilines is 3. The number of carbonyl (C=O) groups excluding carboxylic acids is 1. The SMILES string of the molecule is O=C(Nc1ccc(Nc2ncccn2)cc1)c1c[nH]c2c(F)cc(F)cc2c1=O. The number of benzene rings is 2. The number of aromatic amines is 1. The van der Waals surface area contributed by atoms with E-state index in [1.54, 1.807) is 42.7 Å². The number of amides is 1. The summed E-state index contributed by atoms with van der Waals surface area (Å²) in [5.74, 6) is -2.09. The second kappa shape index (κ2) is 7.47. The number of H-pyrrole nitrogens is 1. The molecule has 1 amide bonds. The Bertz CT molecular complexity index is 1260. The smallest absolute Gasteiger partial charge is 0.261 e. The Hall–Kier alpha value is -4.14. The van der Waals surface area contributed by atoms with Crippen molar-refractivity contribution in [3.63, 3.8) is 0 Å². The summed E-state index contributed by atoms with van der Waals surface area (Å²) >= 11 is 0. The first-order valence-corrected chi connectivity index (χ1v) is 8.47. The number of halogens is 2. The van der Waals surface area contributed by atoms with E-state index in [0.29, 0.717) is 23.4 Å². The molecule has 0 aliphatic heterocycles. The predicted octanol–water partition coefficient (Wildman–Crippen LogP) is 3.59. The lowest BCUT2D eigenvalue weighted by Crippen LogP contribution is -2.22. The third-order valence-electron chi connectivity index (χ3n) is 4.11. The zero-order valence-electron chi connectivity index (χ0n) is 14.7. The Kier molecular flexibility index (Phi) is 4.70. The normalized spacial score (nSPS) is 10.7. The largest absolute Gasteiger partial charge is 0.358 e. The predicted molar refractivity (Wildman–Crippen MR) is 104 cm³/mol. The molecule has 144 valence electrons. The monoisotopic (exact) mass is 393 g/mol. The van der Waals surface area contributed by atoms with Crippen LogP contribution in [0.3, 0.4) is 0 Å². The van der Waals surface area contributed by atoms with E-state index in [1.165, 1.54) is 0 Å². The standard InChI is InChI=1S/C20H13F2N5O2/c21-11-8-14-17(16(22)9-11)25-10-15(18(14)28)19(29)26-12-2-4-13(5-3-12)27-20-23-6-1-7-24-20/h1-10H,(H,25,28)(H,26,29)(H,23,24,27). The lowest BCUT2D eigenvalue weighted by atomic mass is 10.1. The Morgan fingerprint density at radius 2 is 1.69 bits per heavy atom. The molecule has 0 saturated heterocycles. The van der Waals surface area contributed by atoms with E-state index < -0.39 is 23.0 Å². The Labute approximate surface area is 162 Å². The molecular formula is C20H13F2N5O2. The highest BCUT2D eigenvalue weighted by Gasteiger charge is 2.16. The van der Waals surface area contributed by atoms with Crippen LogP contribution in [-0.4, -0.2) is 20.9 Å². The van der Waals surface area contributed by atoms with Gasteiger partial charge in [0.1, 0.15) is 17.2 Å². The molecule has 29 heavy (non-hydrogen) atoms. The van der Waals surface area contributed by atoms with Crippen LogP contribution in [0.4, 0.5) is 26.1 Å². The fourth-order valence-corrected chi connectivity index (χ4v) is 2.75. The van der Waals surface area contributed by atoms with Gasteiger partial charge in [0.2, 0.25) is 11.4 Å². The molecule has 3 N–H and O–H groups in total. The number of pyridine rings is 1. The molecule has 0 bridgehead atoms. The van der Waals surface area contributed by atoms with Gasteiger partial charge in [0, 0.05) is 36.0 Å². The van der Waals surface area contributed by atoms with Crippen LogP contribution in [0.25, 0.3) is 10.9 Å².